The molecule has 0 aliphatic heterocycles. The molecule has 1 rings (SSSR count). The van der Waals surface area contributed by atoms with E-state index in [2.05, 4.69) is 11.6 Å². The summed E-state index contributed by atoms with van der Waals surface area (Å²) in [5.74, 6) is 0.286. The van der Waals surface area contributed by atoms with Crippen LogP contribution in [0.3, 0.4) is 0 Å². The second-order valence-electron chi connectivity index (χ2n) is 5.48. The van der Waals surface area contributed by atoms with Gasteiger partial charge >= 0.3 is 0 Å². The van der Waals surface area contributed by atoms with Crippen LogP contribution in [0.4, 0.5) is 5.69 Å². The average molecular weight is 328 g/mol. The van der Waals surface area contributed by atoms with Gasteiger partial charge in [0, 0.05) is 18.7 Å². The van der Waals surface area contributed by atoms with Gasteiger partial charge in [-0.1, -0.05) is 39.2 Å². The van der Waals surface area contributed by atoms with E-state index in [-0.39, 0.29) is 16.5 Å². The van der Waals surface area contributed by atoms with E-state index in [1.807, 2.05) is 6.92 Å². The van der Waals surface area contributed by atoms with Gasteiger partial charge in [-0.3, -0.25) is 10.1 Å². The third kappa shape index (κ3) is 5.06. The summed E-state index contributed by atoms with van der Waals surface area (Å²) in [4.78, 5) is 10.2. The first-order chi connectivity index (χ1) is 10.3. The molecule has 1 N–H and O–H groups in total. The first-order valence-electron chi connectivity index (χ1n) is 7.56. The standard InChI is InChI=1S/C15H24N2O4S/c1-4-6-7-13(5-2)11-16-22(20,21)15-10-14(17(18)19)9-8-12(15)3/h8-10,13,16H,4-7,11H2,1-3H3/t13-/m0/s1. The lowest BCUT2D eigenvalue weighted by atomic mass is 10.00. The number of benzene rings is 1. The van der Waals surface area contributed by atoms with Crippen LogP contribution < -0.4 is 4.72 Å². The lowest BCUT2D eigenvalue weighted by molar-refractivity contribution is -0.385. The van der Waals surface area contributed by atoms with Crippen molar-refractivity contribution in [3.8, 4) is 0 Å². The van der Waals surface area contributed by atoms with Crippen molar-refractivity contribution in [1.82, 2.24) is 4.72 Å². The predicted molar refractivity (Wildman–Crippen MR) is 86.3 cm³/mol. The molecule has 22 heavy (non-hydrogen) atoms. The molecular formula is C15H24N2O4S. The van der Waals surface area contributed by atoms with Gasteiger partial charge < -0.3 is 0 Å². The molecule has 0 aromatic heterocycles. The largest absolute Gasteiger partial charge is 0.270 e. The predicted octanol–water partition coefficient (Wildman–Crippen LogP) is 3.40. The zero-order chi connectivity index (χ0) is 16.8. The summed E-state index contributed by atoms with van der Waals surface area (Å²) in [5.41, 5.74) is 0.281. The maximum Gasteiger partial charge on any atom is 0.270 e. The molecule has 0 saturated heterocycles. The summed E-state index contributed by atoms with van der Waals surface area (Å²) in [6.45, 7) is 6.13. The Labute approximate surface area is 132 Å². The maximum atomic E-state index is 12.4. The minimum absolute atomic E-state index is 0.0213. The number of rotatable bonds is 9. The highest BCUT2D eigenvalue weighted by Crippen LogP contribution is 2.22. The number of unbranched alkanes of at least 4 members (excludes halogenated alkanes) is 1. The topological polar surface area (TPSA) is 89.3 Å². The average Bonchev–Trinajstić information content (AvgIpc) is 2.47. The van der Waals surface area contributed by atoms with E-state index in [1.54, 1.807) is 6.92 Å². The Morgan fingerprint density at radius 1 is 1.32 bits per heavy atom. The number of nitrogens with zero attached hydrogens (tertiary/aromatic N) is 1. The summed E-state index contributed by atoms with van der Waals surface area (Å²) in [6.07, 6.45) is 4.02. The number of sulfonamides is 1. The van der Waals surface area contributed by atoms with Crippen LogP contribution in [0.25, 0.3) is 0 Å². The molecule has 0 saturated carbocycles. The molecule has 0 heterocycles. The van der Waals surface area contributed by atoms with E-state index in [9.17, 15) is 18.5 Å². The van der Waals surface area contributed by atoms with Crippen LogP contribution in [0.5, 0.6) is 0 Å². The number of nitro benzene ring substituents is 1. The van der Waals surface area contributed by atoms with E-state index in [0.717, 1.165) is 31.7 Å². The summed E-state index contributed by atoms with van der Waals surface area (Å²) in [7, 11) is -3.73. The highest BCUT2D eigenvalue weighted by Gasteiger charge is 2.21. The minimum Gasteiger partial charge on any atom is -0.258 e. The van der Waals surface area contributed by atoms with Gasteiger partial charge in [0.25, 0.3) is 5.69 Å². The van der Waals surface area contributed by atoms with Gasteiger partial charge in [0.2, 0.25) is 10.0 Å². The molecule has 0 spiro atoms. The van der Waals surface area contributed by atoms with Crippen molar-refractivity contribution < 1.29 is 13.3 Å². The Hall–Kier alpha value is -1.47. The molecule has 0 aliphatic carbocycles. The van der Waals surface area contributed by atoms with Gasteiger partial charge in [-0.2, -0.15) is 0 Å². The summed E-state index contributed by atoms with van der Waals surface area (Å²) >= 11 is 0. The fourth-order valence-electron chi connectivity index (χ4n) is 2.24. The molecule has 0 bridgehead atoms. The molecule has 124 valence electrons. The molecule has 0 aliphatic rings. The van der Waals surface area contributed by atoms with Gasteiger partial charge in [-0.15, -0.1) is 0 Å². The van der Waals surface area contributed by atoms with E-state index in [4.69, 9.17) is 0 Å². The molecule has 1 aromatic carbocycles. The maximum absolute atomic E-state index is 12.4. The second kappa shape index (κ2) is 8.24. The molecule has 1 aromatic rings. The second-order valence-corrected chi connectivity index (χ2v) is 7.21. The van der Waals surface area contributed by atoms with Crippen LogP contribution in [-0.4, -0.2) is 19.9 Å². The number of nitrogens with one attached hydrogen (secondary N) is 1. The normalized spacial score (nSPS) is 13.0. The van der Waals surface area contributed by atoms with Gasteiger partial charge in [-0.25, -0.2) is 13.1 Å². The van der Waals surface area contributed by atoms with Crippen LogP contribution in [0, 0.1) is 23.0 Å². The van der Waals surface area contributed by atoms with Crippen molar-refractivity contribution in [2.45, 2.75) is 51.3 Å². The van der Waals surface area contributed by atoms with Crippen LogP contribution >= 0.6 is 0 Å². The molecule has 0 fully saturated rings. The van der Waals surface area contributed by atoms with Crippen molar-refractivity contribution in [3.05, 3.63) is 33.9 Å². The van der Waals surface area contributed by atoms with Crippen molar-refractivity contribution in [2.24, 2.45) is 5.92 Å². The number of non-ortho nitro benzene ring substituents is 1. The zero-order valence-electron chi connectivity index (χ0n) is 13.3. The summed E-state index contributed by atoms with van der Waals surface area (Å²) < 4.78 is 27.4. The van der Waals surface area contributed by atoms with Crippen molar-refractivity contribution >= 4 is 15.7 Å². The van der Waals surface area contributed by atoms with Crippen LogP contribution in [0.2, 0.25) is 0 Å². The molecule has 6 nitrogen and oxygen atoms in total. The first kappa shape index (κ1) is 18.6. The van der Waals surface area contributed by atoms with Gasteiger partial charge in [0.1, 0.15) is 0 Å². The van der Waals surface area contributed by atoms with Crippen LogP contribution in [0.1, 0.15) is 45.1 Å². The number of nitro groups is 1. The molecule has 7 heteroatoms. The molecule has 0 unspecified atom stereocenters. The van der Waals surface area contributed by atoms with E-state index >= 15 is 0 Å². The Morgan fingerprint density at radius 3 is 2.55 bits per heavy atom. The van der Waals surface area contributed by atoms with E-state index < -0.39 is 14.9 Å². The Morgan fingerprint density at radius 2 is 2.00 bits per heavy atom. The SMILES string of the molecule is CCCC[C@H](CC)CNS(=O)(=O)c1cc([N+](=O)[O-])ccc1C. The van der Waals surface area contributed by atoms with Crippen LogP contribution in [-0.2, 0) is 10.0 Å². The quantitative estimate of drug-likeness (QED) is 0.556. The van der Waals surface area contributed by atoms with Crippen molar-refractivity contribution in [2.75, 3.05) is 6.54 Å². The summed E-state index contributed by atoms with van der Waals surface area (Å²) in [5, 5.41) is 10.8. The van der Waals surface area contributed by atoms with Crippen molar-refractivity contribution in [1.29, 1.82) is 0 Å². The molecule has 0 amide bonds. The highest BCUT2D eigenvalue weighted by atomic mass is 32.2. The smallest absolute Gasteiger partial charge is 0.258 e. The zero-order valence-corrected chi connectivity index (χ0v) is 14.1. The van der Waals surface area contributed by atoms with Gasteiger partial charge in [-0.05, 0) is 24.8 Å². The lowest BCUT2D eigenvalue weighted by Crippen LogP contribution is -2.29. The monoisotopic (exact) mass is 328 g/mol. The van der Waals surface area contributed by atoms with Gasteiger partial charge in [0.15, 0.2) is 0 Å². The Balaban J connectivity index is 2.90. The molecule has 1 atom stereocenters. The summed E-state index contributed by atoms with van der Waals surface area (Å²) in [6, 6.07) is 3.89. The van der Waals surface area contributed by atoms with Gasteiger partial charge in [0.05, 0.1) is 9.82 Å². The van der Waals surface area contributed by atoms with E-state index in [1.165, 1.54) is 12.1 Å². The lowest BCUT2D eigenvalue weighted by Gasteiger charge is -2.16. The van der Waals surface area contributed by atoms with Crippen molar-refractivity contribution in [3.63, 3.8) is 0 Å². The minimum atomic E-state index is -3.73. The third-order valence-corrected chi connectivity index (χ3v) is 5.34. The molecule has 0 radical (unpaired) electrons. The fourth-order valence-corrected chi connectivity index (χ4v) is 3.62. The Bertz CT molecular complexity index is 614. The number of hydrogen-bond donors (Lipinski definition) is 1. The first-order valence-corrected chi connectivity index (χ1v) is 9.04. The highest BCUT2D eigenvalue weighted by molar-refractivity contribution is 7.89. The van der Waals surface area contributed by atoms with Crippen LogP contribution in [0.15, 0.2) is 23.1 Å². The number of aryl methyl sites for hydroxylation is 1. The Kier molecular flexibility index (Phi) is 6.96. The third-order valence-electron chi connectivity index (χ3n) is 3.78. The van der Waals surface area contributed by atoms with E-state index in [0.29, 0.717) is 12.1 Å². The molecular weight excluding hydrogens is 304 g/mol. The fraction of sp³-hybridized carbons (Fsp3) is 0.600. The number of hydrogen-bond acceptors (Lipinski definition) is 4.